The smallest absolute Gasteiger partial charge is 0.252 e. The van der Waals surface area contributed by atoms with E-state index < -0.39 is 5.54 Å². The number of anilines is 1. The number of carbonyl (C=O) groups excluding carboxylic acids is 1. The normalized spacial score (nSPS) is 11.6. The quantitative estimate of drug-likeness (QED) is 0.577. The molecule has 142 valence electrons. The van der Waals surface area contributed by atoms with E-state index in [1.807, 2.05) is 6.92 Å². The highest BCUT2D eigenvalue weighted by Gasteiger charge is 2.31. The van der Waals surface area contributed by atoms with Gasteiger partial charge in [-0.2, -0.15) is 10.2 Å². The standard InChI is InChI=1S/C18H18BrCl2N5O/c1-11-7-16(23-17(27)18(2,3)26-9-12(19)8-22-26)24-25(11)10-13-14(20)5-4-6-15(13)21/h4-9H,10H2,1-3H3,(H,23,24,27). The molecule has 0 bridgehead atoms. The molecule has 0 saturated carbocycles. The summed E-state index contributed by atoms with van der Waals surface area (Å²) in [5, 5.41) is 12.7. The minimum absolute atomic E-state index is 0.224. The van der Waals surface area contributed by atoms with Gasteiger partial charge in [0.25, 0.3) is 5.91 Å². The van der Waals surface area contributed by atoms with Crippen molar-refractivity contribution < 1.29 is 4.79 Å². The highest BCUT2D eigenvalue weighted by Crippen LogP contribution is 2.26. The van der Waals surface area contributed by atoms with Gasteiger partial charge in [0.05, 0.1) is 17.2 Å². The van der Waals surface area contributed by atoms with E-state index in [1.54, 1.807) is 59.9 Å². The van der Waals surface area contributed by atoms with Gasteiger partial charge in [-0.25, -0.2) is 0 Å². The van der Waals surface area contributed by atoms with Crippen LogP contribution in [-0.4, -0.2) is 25.5 Å². The van der Waals surface area contributed by atoms with E-state index in [0.717, 1.165) is 15.7 Å². The molecule has 3 aromatic rings. The van der Waals surface area contributed by atoms with Gasteiger partial charge in [0.15, 0.2) is 5.82 Å². The predicted octanol–water partition coefficient (Wildman–Crippen LogP) is 4.88. The molecule has 0 aliphatic heterocycles. The molecule has 0 radical (unpaired) electrons. The summed E-state index contributed by atoms with van der Waals surface area (Å²) in [6.07, 6.45) is 3.39. The molecule has 0 atom stereocenters. The van der Waals surface area contributed by atoms with E-state index in [1.165, 1.54) is 0 Å². The Morgan fingerprint density at radius 1 is 1.30 bits per heavy atom. The van der Waals surface area contributed by atoms with Gasteiger partial charge in [0, 0.05) is 33.6 Å². The van der Waals surface area contributed by atoms with Crippen LogP contribution in [0.1, 0.15) is 25.1 Å². The van der Waals surface area contributed by atoms with Crippen LogP contribution in [0.3, 0.4) is 0 Å². The summed E-state index contributed by atoms with van der Waals surface area (Å²) >= 11 is 15.8. The maximum Gasteiger partial charge on any atom is 0.252 e. The van der Waals surface area contributed by atoms with Gasteiger partial charge >= 0.3 is 0 Å². The summed E-state index contributed by atoms with van der Waals surface area (Å²) in [4.78, 5) is 12.8. The average Bonchev–Trinajstić information content (AvgIpc) is 3.17. The lowest BCUT2D eigenvalue weighted by atomic mass is 10.1. The first kappa shape index (κ1) is 19.9. The Bertz CT molecular complexity index is 975. The number of nitrogens with one attached hydrogen (secondary N) is 1. The summed E-state index contributed by atoms with van der Waals surface area (Å²) in [5.41, 5.74) is 0.781. The van der Waals surface area contributed by atoms with Gasteiger partial charge in [-0.15, -0.1) is 0 Å². The Kier molecular flexibility index (Phi) is 5.65. The maximum absolute atomic E-state index is 12.8. The van der Waals surface area contributed by atoms with Crippen LogP contribution in [0.15, 0.2) is 41.1 Å². The molecule has 0 spiro atoms. The van der Waals surface area contributed by atoms with Crippen molar-refractivity contribution in [3.8, 4) is 0 Å². The lowest BCUT2D eigenvalue weighted by molar-refractivity contribution is -0.123. The van der Waals surface area contributed by atoms with Crippen molar-refractivity contribution in [2.75, 3.05) is 5.32 Å². The molecular formula is C18H18BrCl2N5O. The number of hydrogen-bond donors (Lipinski definition) is 1. The molecule has 9 heteroatoms. The zero-order chi connectivity index (χ0) is 19.8. The molecule has 6 nitrogen and oxygen atoms in total. The van der Waals surface area contributed by atoms with Gasteiger partial charge in [0.1, 0.15) is 5.54 Å². The van der Waals surface area contributed by atoms with E-state index in [-0.39, 0.29) is 5.91 Å². The van der Waals surface area contributed by atoms with Crippen LogP contribution in [0.2, 0.25) is 10.0 Å². The van der Waals surface area contributed by atoms with Crippen LogP contribution in [0.5, 0.6) is 0 Å². The summed E-state index contributed by atoms with van der Waals surface area (Å²) in [7, 11) is 0. The van der Waals surface area contributed by atoms with Crippen molar-refractivity contribution in [3.63, 3.8) is 0 Å². The first-order chi connectivity index (χ1) is 12.7. The number of halogens is 3. The molecule has 3 rings (SSSR count). The Morgan fingerprint density at radius 3 is 2.56 bits per heavy atom. The van der Waals surface area contributed by atoms with Gasteiger partial charge < -0.3 is 5.32 Å². The number of rotatable bonds is 5. The first-order valence-electron chi connectivity index (χ1n) is 8.18. The number of hydrogen-bond acceptors (Lipinski definition) is 3. The maximum atomic E-state index is 12.8. The van der Waals surface area contributed by atoms with Crippen molar-refractivity contribution in [3.05, 3.63) is 62.4 Å². The Morgan fingerprint density at radius 2 is 1.96 bits per heavy atom. The fourth-order valence-corrected chi connectivity index (χ4v) is 3.35. The van der Waals surface area contributed by atoms with Crippen molar-refractivity contribution in [1.82, 2.24) is 19.6 Å². The third-order valence-electron chi connectivity index (χ3n) is 4.27. The van der Waals surface area contributed by atoms with Crippen molar-refractivity contribution in [1.29, 1.82) is 0 Å². The summed E-state index contributed by atoms with van der Waals surface area (Å²) in [6.45, 7) is 5.89. The van der Waals surface area contributed by atoms with Gasteiger partial charge in [-0.05, 0) is 48.8 Å². The molecule has 0 saturated heterocycles. The number of carbonyl (C=O) groups is 1. The molecule has 2 aromatic heterocycles. The van der Waals surface area contributed by atoms with Gasteiger partial charge in [-0.3, -0.25) is 14.2 Å². The van der Waals surface area contributed by atoms with Crippen molar-refractivity contribution >= 4 is 50.9 Å². The van der Waals surface area contributed by atoms with Crippen LogP contribution in [0.25, 0.3) is 0 Å². The predicted molar refractivity (Wildman–Crippen MR) is 110 cm³/mol. The van der Waals surface area contributed by atoms with Crippen molar-refractivity contribution in [2.45, 2.75) is 32.9 Å². The fourth-order valence-electron chi connectivity index (χ4n) is 2.54. The Labute approximate surface area is 175 Å². The van der Waals surface area contributed by atoms with Gasteiger partial charge in [0.2, 0.25) is 0 Å². The zero-order valence-electron chi connectivity index (χ0n) is 15.0. The minimum Gasteiger partial charge on any atom is -0.307 e. The first-order valence-corrected chi connectivity index (χ1v) is 9.73. The molecule has 2 heterocycles. The van der Waals surface area contributed by atoms with E-state index in [0.29, 0.717) is 22.4 Å². The molecule has 1 aromatic carbocycles. The second-order valence-corrected chi connectivity index (χ2v) is 8.38. The molecule has 1 N–H and O–H groups in total. The Balaban J connectivity index is 1.79. The van der Waals surface area contributed by atoms with E-state index in [9.17, 15) is 4.79 Å². The van der Waals surface area contributed by atoms with E-state index >= 15 is 0 Å². The summed E-state index contributed by atoms with van der Waals surface area (Å²) < 4.78 is 4.15. The number of aromatic nitrogens is 4. The van der Waals surface area contributed by atoms with E-state index in [2.05, 4.69) is 31.4 Å². The summed E-state index contributed by atoms with van der Waals surface area (Å²) in [5.74, 6) is 0.235. The molecule has 0 aliphatic carbocycles. The lowest BCUT2D eigenvalue weighted by Gasteiger charge is -2.23. The third kappa shape index (κ3) is 4.20. The SMILES string of the molecule is Cc1cc(NC(=O)C(C)(C)n2cc(Br)cn2)nn1Cc1c(Cl)cccc1Cl. The summed E-state index contributed by atoms with van der Waals surface area (Å²) in [6, 6.07) is 7.17. The number of amides is 1. The fraction of sp³-hybridized carbons (Fsp3) is 0.278. The number of nitrogens with zero attached hydrogens (tertiary/aromatic N) is 4. The second-order valence-electron chi connectivity index (χ2n) is 6.65. The van der Waals surface area contributed by atoms with Crippen molar-refractivity contribution in [2.24, 2.45) is 0 Å². The highest BCUT2D eigenvalue weighted by atomic mass is 79.9. The van der Waals surface area contributed by atoms with Crippen LogP contribution < -0.4 is 5.32 Å². The van der Waals surface area contributed by atoms with Crippen LogP contribution in [0, 0.1) is 6.92 Å². The third-order valence-corrected chi connectivity index (χ3v) is 5.39. The molecule has 0 aliphatic rings. The second kappa shape index (κ2) is 7.66. The highest BCUT2D eigenvalue weighted by molar-refractivity contribution is 9.10. The molecule has 0 fully saturated rings. The molecule has 0 unspecified atom stereocenters. The lowest BCUT2D eigenvalue weighted by Crippen LogP contribution is -2.40. The topological polar surface area (TPSA) is 64.7 Å². The number of benzene rings is 1. The molecule has 1 amide bonds. The molecule has 27 heavy (non-hydrogen) atoms. The monoisotopic (exact) mass is 469 g/mol. The Hall–Kier alpha value is -1.83. The zero-order valence-corrected chi connectivity index (χ0v) is 18.1. The van der Waals surface area contributed by atoms with Crippen LogP contribution in [-0.2, 0) is 16.9 Å². The molecular weight excluding hydrogens is 453 g/mol. The van der Waals surface area contributed by atoms with Crippen LogP contribution >= 0.6 is 39.1 Å². The van der Waals surface area contributed by atoms with Gasteiger partial charge in [-0.1, -0.05) is 29.3 Å². The average molecular weight is 471 g/mol. The van der Waals surface area contributed by atoms with Crippen LogP contribution in [0.4, 0.5) is 5.82 Å². The number of aryl methyl sites for hydroxylation is 1. The minimum atomic E-state index is -0.879. The van der Waals surface area contributed by atoms with E-state index in [4.69, 9.17) is 23.2 Å². The largest absolute Gasteiger partial charge is 0.307 e.